The smallest absolute Gasteiger partial charge is 0.335 e. The van der Waals surface area contributed by atoms with E-state index in [9.17, 15) is 14.6 Å². The van der Waals surface area contributed by atoms with E-state index in [1.165, 1.54) is 6.33 Å². The zero-order chi connectivity index (χ0) is 16.5. The quantitative estimate of drug-likeness (QED) is 0.320. The van der Waals surface area contributed by atoms with E-state index >= 15 is 0 Å². The van der Waals surface area contributed by atoms with E-state index in [1.54, 1.807) is 0 Å². The summed E-state index contributed by atoms with van der Waals surface area (Å²) in [4.78, 5) is 39.0. The van der Waals surface area contributed by atoms with Gasteiger partial charge in [0.05, 0.1) is 0 Å². The molecule has 0 spiro atoms. The summed E-state index contributed by atoms with van der Waals surface area (Å²) in [6.45, 7) is 2.18. The SMILES string of the molecule is CCCOn1cnc2c1N(O)C(N)(SCP(=O)(O)O)NC2=O. The molecule has 11 nitrogen and oxygen atoms in total. The second-order valence-electron chi connectivity index (χ2n) is 4.48. The molecule has 6 N–H and O–H groups in total. The van der Waals surface area contributed by atoms with Crippen LogP contribution in [0.2, 0.25) is 0 Å². The van der Waals surface area contributed by atoms with Crippen LogP contribution >= 0.6 is 19.4 Å². The van der Waals surface area contributed by atoms with Crippen LogP contribution in [0, 0.1) is 0 Å². The first-order valence-electron chi connectivity index (χ1n) is 6.17. The van der Waals surface area contributed by atoms with Crippen molar-refractivity contribution in [2.75, 3.05) is 17.2 Å². The molecule has 0 aliphatic carbocycles. The molecule has 1 aromatic rings. The fourth-order valence-electron chi connectivity index (χ4n) is 1.68. The number of imidazole rings is 1. The second-order valence-corrected chi connectivity index (χ2v) is 7.75. The number of aromatic nitrogens is 2. The van der Waals surface area contributed by atoms with E-state index in [4.69, 9.17) is 20.4 Å². The highest BCUT2D eigenvalue weighted by atomic mass is 32.2. The molecular formula is C9H16N5O6PS. The Morgan fingerprint density at radius 1 is 1.59 bits per heavy atom. The molecule has 0 radical (unpaired) electrons. The number of hydrogen-bond donors (Lipinski definition) is 5. The highest BCUT2D eigenvalue weighted by Crippen LogP contribution is 2.43. The van der Waals surface area contributed by atoms with Gasteiger partial charge in [0, 0.05) is 0 Å². The van der Waals surface area contributed by atoms with Crippen molar-refractivity contribution in [1.82, 2.24) is 15.0 Å². The molecule has 1 aliphatic heterocycles. The van der Waals surface area contributed by atoms with Gasteiger partial charge in [0.25, 0.3) is 5.91 Å². The number of nitrogens with two attached hydrogens (primary N) is 1. The molecule has 2 heterocycles. The van der Waals surface area contributed by atoms with Gasteiger partial charge in [-0.25, -0.2) is 4.98 Å². The average Bonchev–Trinajstić information content (AvgIpc) is 2.84. The van der Waals surface area contributed by atoms with Crippen molar-refractivity contribution < 1.29 is 29.2 Å². The third-order valence-corrected chi connectivity index (χ3v) is 5.20. The minimum atomic E-state index is -4.38. The predicted molar refractivity (Wildman–Crippen MR) is 77.1 cm³/mol. The second kappa shape index (κ2) is 6.07. The summed E-state index contributed by atoms with van der Waals surface area (Å²) in [6.07, 6.45) is 1.88. The molecular weight excluding hydrogens is 337 g/mol. The zero-order valence-electron chi connectivity index (χ0n) is 11.5. The van der Waals surface area contributed by atoms with Crippen molar-refractivity contribution in [3.8, 4) is 0 Å². The standard InChI is InChI=1S/C9H16N5O6PS/c1-2-3-20-13-4-11-6-7(15)12-9(10,14(16)8(6)13)22-5-21(17,18)19/h4,16H,2-3,5,10H2,1H3,(H,12,15)(H2,17,18,19). The van der Waals surface area contributed by atoms with Crippen LogP contribution in [0.1, 0.15) is 23.8 Å². The summed E-state index contributed by atoms with van der Waals surface area (Å²) in [6, 6.07) is 0. The maximum atomic E-state index is 12.0. The Morgan fingerprint density at radius 3 is 2.86 bits per heavy atom. The number of hydroxylamine groups is 1. The van der Waals surface area contributed by atoms with E-state index in [-0.39, 0.29) is 11.5 Å². The van der Waals surface area contributed by atoms with Gasteiger partial charge < -0.3 is 19.9 Å². The lowest BCUT2D eigenvalue weighted by molar-refractivity contribution is 0.0748. The van der Waals surface area contributed by atoms with Crippen molar-refractivity contribution in [2.24, 2.45) is 5.73 Å². The first-order valence-corrected chi connectivity index (χ1v) is 8.96. The predicted octanol–water partition coefficient (Wildman–Crippen LogP) is -0.901. The Morgan fingerprint density at radius 2 is 2.27 bits per heavy atom. The van der Waals surface area contributed by atoms with Crippen LogP contribution in [0.25, 0.3) is 0 Å². The molecule has 0 fully saturated rings. The fourth-order valence-corrected chi connectivity index (χ4v) is 3.51. The van der Waals surface area contributed by atoms with Crippen LogP contribution in [-0.2, 0) is 4.57 Å². The third kappa shape index (κ3) is 3.37. The zero-order valence-corrected chi connectivity index (χ0v) is 13.3. The monoisotopic (exact) mass is 353 g/mol. The molecule has 1 unspecified atom stereocenters. The summed E-state index contributed by atoms with van der Waals surface area (Å²) < 4.78 is 12.1. The Bertz CT molecular complexity index is 620. The van der Waals surface area contributed by atoms with Gasteiger partial charge in [-0.2, -0.15) is 9.79 Å². The van der Waals surface area contributed by atoms with E-state index in [0.717, 1.165) is 4.73 Å². The number of rotatable bonds is 6. The maximum Gasteiger partial charge on any atom is 0.335 e. The van der Waals surface area contributed by atoms with Crippen molar-refractivity contribution in [3.63, 3.8) is 0 Å². The number of thioether (sulfide) groups is 1. The molecule has 1 aliphatic rings. The minimum absolute atomic E-state index is 0.113. The number of hydrogen-bond acceptors (Lipinski definition) is 8. The number of carbonyl (C=O) groups excluding carboxylic acids is 1. The minimum Gasteiger partial charge on any atom is -0.411 e. The largest absolute Gasteiger partial charge is 0.411 e. The third-order valence-electron chi connectivity index (χ3n) is 2.62. The first kappa shape index (κ1) is 17.1. The summed E-state index contributed by atoms with van der Waals surface area (Å²) in [5, 5.41) is 11.0. The Labute approximate surface area is 129 Å². The number of carbonyl (C=O) groups is 1. The molecule has 1 amide bonds. The summed E-state index contributed by atoms with van der Waals surface area (Å²) in [5.41, 5.74) is 5.03. The Balaban J connectivity index is 2.30. The lowest BCUT2D eigenvalue weighted by Gasteiger charge is -2.39. The number of fused-ring (bicyclic) bond motifs is 1. The van der Waals surface area contributed by atoms with E-state index < -0.39 is 24.1 Å². The van der Waals surface area contributed by atoms with Gasteiger partial charge in [-0.1, -0.05) is 18.7 Å². The summed E-state index contributed by atoms with van der Waals surface area (Å²) in [7, 11) is -4.38. The van der Waals surface area contributed by atoms with Gasteiger partial charge in [0.2, 0.25) is 10.9 Å². The maximum absolute atomic E-state index is 12.0. The van der Waals surface area contributed by atoms with Crippen LogP contribution in [0.4, 0.5) is 5.82 Å². The highest BCUT2D eigenvalue weighted by molar-refractivity contribution is 8.05. The van der Waals surface area contributed by atoms with Gasteiger partial charge >= 0.3 is 7.60 Å². The average molecular weight is 353 g/mol. The molecule has 1 aromatic heterocycles. The van der Waals surface area contributed by atoms with Gasteiger partial charge in [0.1, 0.15) is 18.4 Å². The number of anilines is 1. The van der Waals surface area contributed by atoms with Crippen LogP contribution in [-0.4, -0.2) is 47.8 Å². The number of nitrogens with one attached hydrogen (secondary N) is 1. The van der Waals surface area contributed by atoms with Crippen molar-refractivity contribution in [1.29, 1.82) is 0 Å². The van der Waals surface area contributed by atoms with Crippen LogP contribution in [0.15, 0.2) is 6.33 Å². The highest BCUT2D eigenvalue weighted by Gasteiger charge is 2.46. The Kier molecular flexibility index (Phi) is 4.70. The molecule has 0 aromatic carbocycles. The van der Waals surface area contributed by atoms with Gasteiger partial charge in [-0.05, 0) is 6.42 Å². The molecule has 0 saturated carbocycles. The van der Waals surface area contributed by atoms with Gasteiger partial charge in [-0.3, -0.25) is 20.3 Å². The van der Waals surface area contributed by atoms with Gasteiger partial charge in [0.15, 0.2) is 5.69 Å². The van der Waals surface area contributed by atoms with E-state index in [0.29, 0.717) is 29.9 Å². The molecule has 1 atom stereocenters. The lowest BCUT2D eigenvalue weighted by atomic mass is 10.3. The molecule has 0 bridgehead atoms. The topological polar surface area (TPSA) is 163 Å². The van der Waals surface area contributed by atoms with Crippen LogP contribution < -0.4 is 21.0 Å². The van der Waals surface area contributed by atoms with Crippen molar-refractivity contribution >= 4 is 31.1 Å². The fraction of sp³-hybridized carbons (Fsp3) is 0.556. The van der Waals surface area contributed by atoms with Gasteiger partial charge in [-0.15, -0.1) is 0 Å². The summed E-state index contributed by atoms with van der Waals surface area (Å²) in [5.74, 6) is -0.808. The normalized spacial score (nSPS) is 21.5. The number of nitrogens with zero attached hydrogens (tertiary/aromatic N) is 3. The van der Waals surface area contributed by atoms with Crippen molar-refractivity contribution in [2.45, 2.75) is 18.5 Å². The molecule has 124 valence electrons. The molecule has 22 heavy (non-hydrogen) atoms. The van der Waals surface area contributed by atoms with Crippen LogP contribution in [0.5, 0.6) is 0 Å². The van der Waals surface area contributed by atoms with Crippen molar-refractivity contribution in [3.05, 3.63) is 12.0 Å². The van der Waals surface area contributed by atoms with E-state index in [2.05, 4.69) is 10.3 Å². The van der Waals surface area contributed by atoms with E-state index in [1.807, 2.05) is 6.92 Å². The summed E-state index contributed by atoms with van der Waals surface area (Å²) >= 11 is 0.480. The molecule has 0 saturated heterocycles. The molecule has 13 heteroatoms. The Hall–Kier alpha value is -1.30. The molecule has 2 rings (SSSR count). The first-order chi connectivity index (χ1) is 10.2. The van der Waals surface area contributed by atoms with Crippen LogP contribution in [0.3, 0.4) is 0 Å². The lowest BCUT2D eigenvalue weighted by Crippen LogP contribution is -2.67. The number of amides is 1.